The molecular formula is C20H24ClNO2S. The third-order valence-corrected chi connectivity index (χ3v) is 6.15. The molecule has 0 bridgehead atoms. The molecule has 0 spiro atoms. The van der Waals surface area contributed by atoms with Gasteiger partial charge in [-0.25, -0.2) is 13.1 Å². The van der Waals surface area contributed by atoms with Gasteiger partial charge in [0.15, 0.2) is 0 Å². The Morgan fingerprint density at radius 3 is 2.16 bits per heavy atom. The third kappa shape index (κ3) is 5.70. The molecule has 0 radical (unpaired) electrons. The first-order chi connectivity index (χ1) is 11.8. The van der Waals surface area contributed by atoms with Crippen molar-refractivity contribution in [3.8, 4) is 0 Å². The fourth-order valence-electron chi connectivity index (χ4n) is 2.37. The van der Waals surface area contributed by atoms with E-state index in [1.54, 1.807) is 24.3 Å². The Bertz CT molecular complexity index is 799. The summed E-state index contributed by atoms with van der Waals surface area (Å²) in [4.78, 5) is 0.240. The summed E-state index contributed by atoms with van der Waals surface area (Å²) < 4.78 is 28.1. The van der Waals surface area contributed by atoms with Gasteiger partial charge in [0.2, 0.25) is 10.0 Å². The van der Waals surface area contributed by atoms with E-state index in [1.807, 2.05) is 63.3 Å². The largest absolute Gasteiger partial charge is 0.241 e. The lowest BCUT2D eigenvalue weighted by molar-refractivity contribution is 0.515. The van der Waals surface area contributed by atoms with E-state index in [-0.39, 0.29) is 16.2 Å². The van der Waals surface area contributed by atoms with Gasteiger partial charge in [-0.1, -0.05) is 74.0 Å². The zero-order valence-corrected chi connectivity index (χ0v) is 16.3. The van der Waals surface area contributed by atoms with E-state index >= 15 is 0 Å². The van der Waals surface area contributed by atoms with Crippen molar-refractivity contribution >= 4 is 27.7 Å². The van der Waals surface area contributed by atoms with Gasteiger partial charge in [-0.15, -0.1) is 11.6 Å². The number of halogens is 1. The van der Waals surface area contributed by atoms with Crippen LogP contribution in [0, 0.1) is 12.8 Å². The van der Waals surface area contributed by atoms with Crippen LogP contribution in [-0.2, 0) is 10.0 Å². The Hall–Kier alpha value is -1.62. The molecule has 2 aromatic rings. The summed E-state index contributed by atoms with van der Waals surface area (Å²) in [5.41, 5.74) is 2.01. The van der Waals surface area contributed by atoms with Crippen LogP contribution in [-0.4, -0.2) is 19.8 Å². The summed E-state index contributed by atoms with van der Waals surface area (Å²) in [5, 5.41) is -0.361. The lowest BCUT2D eigenvalue weighted by atomic mass is 10.0. The van der Waals surface area contributed by atoms with Crippen LogP contribution in [0.2, 0.25) is 0 Å². The monoisotopic (exact) mass is 377 g/mol. The van der Waals surface area contributed by atoms with Crippen LogP contribution < -0.4 is 4.72 Å². The fourth-order valence-corrected chi connectivity index (χ4v) is 3.80. The number of aryl methyl sites for hydroxylation is 1. The molecule has 0 fully saturated rings. The average molecular weight is 378 g/mol. The van der Waals surface area contributed by atoms with Gasteiger partial charge >= 0.3 is 0 Å². The molecule has 0 aliphatic heterocycles. The highest BCUT2D eigenvalue weighted by molar-refractivity contribution is 7.89. The first-order valence-electron chi connectivity index (χ1n) is 8.26. The molecule has 0 saturated carbocycles. The van der Waals surface area contributed by atoms with Crippen molar-refractivity contribution in [1.29, 1.82) is 0 Å². The van der Waals surface area contributed by atoms with E-state index in [0.29, 0.717) is 0 Å². The maximum atomic E-state index is 12.7. The van der Waals surface area contributed by atoms with E-state index in [2.05, 4.69) is 4.72 Å². The third-order valence-electron chi connectivity index (χ3n) is 3.90. The summed E-state index contributed by atoms with van der Waals surface area (Å²) in [5.74, 6) is 0.118. The molecule has 3 nitrogen and oxygen atoms in total. The van der Waals surface area contributed by atoms with Crippen molar-refractivity contribution in [2.45, 2.75) is 37.1 Å². The number of rotatable bonds is 7. The molecule has 0 aliphatic rings. The Balaban J connectivity index is 2.26. The maximum absolute atomic E-state index is 12.7. The van der Waals surface area contributed by atoms with Crippen LogP contribution in [0.3, 0.4) is 0 Å². The minimum atomic E-state index is -3.64. The molecule has 0 amide bonds. The highest BCUT2D eigenvalue weighted by Crippen LogP contribution is 2.19. The van der Waals surface area contributed by atoms with Gasteiger partial charge in [0.1, 0.15) is 0 Å². The molecule has 2 aromatic carbocycles. The zero-order valence-electron chi connectivity index (χ0n) is 14.7. The number of benzene rings is 2. The molecule has 0 heterocycles. The standard InChI is InChI=1S/C20H24ClNO2S/c1-15(2)20(21)19(14-11-17-7-5-4-6-8-17)22-25(23,24)18-12-9-16(3)10-13-18/h4-15,19-20,22H,1-3H3/b14-11+/t19-,20-/m1/s1. The Labute approximate surface area is 155 Å². The zero-order chi connectivity index (χ0) is 18.4. The fraction of sp³-hybridized carbons (Fsp3) is 0.300. The van der Waals surface area contributed by atoms with Crippen molar-refractivity contribution in [2.75, 3.05) is 0 Å². The van der Waals surface area contributed by atoms with Crippen LogP contribution >= 0.6 is 11.6 Å². The number of hydrogen-bond acceptors (Lipinski definition) is 2. The topological polar surface area (TPSA) is 46.2 Å². The normalized spacial score (nSPS) is 14.8. The minimum absolute atomic E-state index is 0.118. The number of sulfonamides is 1. The summed E-state index contributed by atoms with van der Waals surface area (Å²) in [6.07, 6.45) is 3.71. The van der Waals surface area contributed by atoms with Crippen LogP contribution in [0.1, 0.15) is 25.0 Å². The molecule has 25 heavy (non-hydrogen) atoms. The van der Waals surface area contributed by atoms with Crippen molar-refractivity contribution in [1.82, 2.24) is 4.72 Å². The van der Waals surface area contributed by atoms with Crippen molar-refractivity contribution < 1.29 is 8.42 Å². The Morgan fingerprint density at radius 1 is 1.00 bits per heavy atom. The molecule has 0 unspecified atom stereocenters. The molecular weight excluding hydrogens is 354 g/mol. The molecule has 5 heteroatoms. The molecule has 2 atom stereocenters. The quantitative estimate of drug-likeness (QED) is 0.715. The van der Waals surface area contributed by atoms with E-state index in [1.165, 1.54) is 0 Å². The predicted octanol–water partition coefficient (Wildman–Crippen LogP) is 4.62. The molecule has 0 aliphatic carbocycles. The smallest absolute Gasteiger partial charge is 0.207 e. The molecule has 134 valence electrons. The highest BCUT2D eigenvalue weighted by Gasteiger charge is 2.26. The van der Waals surface area contributed by atoms with Crippen LogP contribution in [0.15, 0.2) is 65.6 Å². The van der Waals surface area contributed by atoms with Crippen molar-refractivity contribution in [2.24, 2.45) is 5.92 Å². The summed E-state index contributed by atoms with van der Waals surface area (Å²) in [6, 6.07) is 16.0. The first-order valence-corrected chi connectivity index (χ1v) is 10.2. The number of alkyl halides is 1. The first kappa shape index (κ1) is 19.7. The maximum Gasteiger partial charge on any atom is 0.241 e. The molecule has 2 rings (SSSR count). The SMILES string of the molecule is Cc1ccc(S(=O)(=O)N[C@H](/C=C/c2ccccc2)[C@H](Cl)C(C)C)cc1. The van der Waals surface area contributed by atoms with Crippen LogP contribution in [0.5, 0.6) is 0 Å². The summed E-state index contributed by atoms with van der Waals surface area (Å²) in [6.45, 7) is 5.87. The molecule has 0 saturated heterocycles. The minimum Gasteiger partial charge on any atom is -0.207 e. The number of hydrogen-bond donors (Lipinski definition) is 1. The van der Waals surface area contributed by atoms with Crippen molar-refractivity contribution in [3.63, 3.8) is 0 Å². The lowest BCUT2D eigenvalue weighted by Gasteiger charge is -2.23. The van der Waals surface area contributed by atoms with Gasteiger partial charge in [-0.3, -0.25) is 0 Å². The average Bonchev–Trinajstić information content (AvgIpc) is 2.59. The Kier molecular flexibility index (Phi) is 6.82. The molecule has 0 aromatic heterocycles. The second-order valence-corrected chi connectivity index (χ2v) is 8.64. The van der Waals surface area contributed by atoms with Crippen molar-refractivity contribution in [3.05, 3.63) is 71.8 Å². The van der Waals surface area contributed by atoms with Gasteiger partial charge in [0.05, 0.1) is 16.3 Å². The van der Waals surface area contributed by atoms with Gasteiger partial charge in [-0.2, -0.15) is 0 Å². The molecule has 1 N–H and O–H groups in total. The second-order valence-electron chi connectivity index (χ2n) is 6.42. The highest BCUT2D eigenvalue weighted by atomic mass is 35.5. The number of nitrogens with one attached hydrogen (secondary N) is 1. The lowest BCUT2D eigenvalue weighted by Crippen LogP contribution is -2.41. The van der Waals surface area contributed by atoms with Gasteiger partial charge in [0, 0.05) is 0 Å². The van der Waals surface area contributed by atoms with Crippen LogP contribution in [0.25, 0.3) is 6.08 Å². The van der Waals surface area contributed by atoms with E-state index in [9.17, 15) is 8.42 Å². The predicted molar refractivity (Wildman–Crippen MR) is 105 cm³/mol. The second kappa shape index (κ2) is 8.65. The van der Waals surface area contributed by atoms with Gasteiger partial charge < -0.3 is 0 Å². The van der Waals surface area contributed by atoms with E-state index in [4.69, 9.17) is 11.6 Å². The van der Waals surface area contributed by atoms with Gasteiger partial charge in [-0.05, 0) is 30.5 Å². The van der Waals surface area contributed by atoms with Gasteiger partial charge in [0.25, 0.3) is 0 Å². The Morgan fingerprint density at radius 2 is 1.60 bits per heavy atom. The van der Waals surface area contributed by atoms with E-state index < -0.39 is 16.1 Å². The van der Waals surface area contributed by atoms with Crippen LogP contribution in [0.4, 0.5) is 0 Å². The van der Waals surface area contributed by atoms with E-state index in [0.717, 1.165) is 11.1 Å². The summed E-state index contributed by atoms with van der Waals surface area (Å²) >= 11 is 6.49. The summed E-state index contributed by atoms with van der Waals surface area (Å²) in [7, 11) is -3.64.